The molecule has 0 aliphatic carbocycles. The minimum atomic E-state index is -4.95. The van der Waals surface area contributed by atoms with Gasteiger partial charge in [0.15, 0.2) is 10.8 Å². The molecule has 1 atom stereocenters. The van der Waals surface area contributed by atoms with Crippen molar-refractivity contribution in [1.82, 2.24) is 15.4 Å². The number of carboxylic acids is 1. The molecule has 0 aromatic carbocycles. The van der Waals surface area contributed by atoms with Gasteiger partial charge in [0, 0.05) is 5.38 Å². The Hall–Kier alpha value is -2.82. The molecule has 14 nitrogen and oxygen atoms in total. The molecule has 1 aliphatic heterocycles. The first-order valence-electron chi connectivity index (χ1n) is 7.28. The molecule has 154 valence electrons. The highest BCUT2D eigenvalue weighted by atomic mass is 32.3. The summed E-state index contributed by atoms with van der Waals surface area (Å²) < 4.78 is 34.5. The van der Waals surface area contributed by atoms with Gasteiger partial charge in [-0.25, -0.2) is 9.78 Å². The molecule has 1 aromatic rings. The van der Waals surface area contributed by atoms with Crippen LogP contribution in [0.1, 0.15) is 19.5 Å². The van der Waals surface area contributed by atoms with E-state index < -0.39 is 52.1 Å². The second-order valence-electron chi connectivity index (χ2n) is 5.87. The summed E-state index contributed by atoms with van der Waals surface area (Å²) in [5.41, 5.74) is 3.67. The number of rotatable bonds is 8. The molecule has 2 rings (SSSR count). The summed E-state index contributed by atoms with van der Waals surface area (Å²) in [7, 11) is -4.95. The fourth-order valence-corrected chi connectivity index (χ4v) is 3.17. The molecule has 1 aromatic heterocycles. The lowest BCUT2D eigenvalue weighted by Gasteiger charge is -2.50. The maximum Gasteiger partial charge on any atom is 0.418 e. The molecule has 0 unspecified atom stereocenters. The third-order valence-corrected chi connectivity index (χ3v) is 4.46. The minimum absolute atomic E-state index is 0.0268. The lowest BCUT2D eigenvalue weighted by atomic mass is 9.84. The van der Waals surface area contributed by atoms with Crippen molar-refractivity contribution in [3.8, 4) is 0 Å². The summed E-state index contributed by atoms with van der Waals surface area (Å²) in [5.74, 6) is -3.26. The first-order chi connectivity index (χ1) is 12.8. The topological polar surface area (TPSA) is 211 Å². The molecule has 2 amide bonds. The second kappa shape index (κ2) is 7.66. The Kier molecular flexibility index (Phi) is 5.88. The number of thiazole rings is 1. The predicted molar refractivity (Wildman–Crippen MR) is 92.1 cm³/mol. The third kappa shape index (κ3) is 4.71. The van der Waals surface area contributed by atoms with Gasteiger partial charge < -0.3 is 21.0 Å². The number of carboxylic acid groups (broad SMARTS) is 1. The van der Waals surface area contributed by atoms with Crippen molar-refractivity contribution in [3.05, 3.63) is 11.1 Å². The highest BCUT2D eigenvalue weighted by molar-refractivity contribution is 7.80. The molecule has 1 aliphatic rings. The minimum Gasteiger partial charge on any atom is -0.479 e. The van der Waals surface area contributed by atoms with E-state index >= 15 is 0 Å². The van der Waals surface area contributed by atoms with E-state index in [1.54, 1.807) is 0 Å². The van der Waals surface area contributed by atoms with Gasteiger partial charge in [-0.3, -0.25) is 14.1 Å². The van der Waals surface area contributed by atoms with E-state index in [-0.39, 0.29) is 10.8 Å². The number of oxime groups is 1. The molecular formula is C12H15N5O9S2. The van der Waals surface area contributed by atoms with Crippen LogP contribution in [0.4, 0.5) is 5.13 Å². The number of aromatic nitrogens is 1. The number of nitrogen functional groups attached to an aromatic ring is 1. The third-order valence-electron chi connectivity index (χ3n) is 3.44. The van der Waals surface area contributed by atoms with E-state index in [0.29, 0.717) is 5.06 Å². The van der Waals surface area contributed by atoms with Crippen molar-refractivity contribution in [2.45, 2.75) is 25.4 Å². The van der Waals surface area contributed by atoms with Gasteiger partial charge in [-0.15, -0.1) is 15.6 Å². The summed E-state index contributed by atoms with van der Waals surface area (Å²) >= 11 is 0.980. The first-order valence-corrected chi connectivity index (χ1v) is 9.52. The molecular weight excluding hydrogens is 422 g/mol. The summed E-state index contributed by atoms with van der Waals surface area (Å²) in [6, 6.07) is -1.25. The Morgan fingerprint density at radius 3 is 2.61 bits per heavy atom. The average Bonchev–Trinajstić information content (AvgIpc) is 2.98. The van der Waals surface area contributed by atoms with Crippen LogP contribution >= 0.6 is 11.3 Å². The molecule has 0 bridgehead atoms. The van der Waals surface area contributed by atoms with Gasteiger partial charge in [0.25, 0.3) is 11.8 Å². The van der Waals surface area contributed by atoms with Crippen molar-refractivity contribution >= 4 is 50.4 Å². The summed E-state index contributed by atoms with van der Waals surface area (Å²) in [6.07, 6.45) is 0. The highest BCUT2D eigenvalue weighted by Gasteiger charge is 2.58. The monoisotopic (exact) mass is 437 g/mol. The van der Waals surface area contributed by atoms with Crippen LogP contribution in [-0.4, -0.2) is 69.8 Å². The van der Waals surface area contributed by atoms with Crippen LogP contribution in [-0.2, 0) is 33.9 Å². The lowest BCUT2D eigenvalue weighted by molar-refractivity contribution is -0.218. The molecule has 28 heavy (non-hydrogen) atoms. The van der Waals surface area contributed by atoms with Crippen molar-refractivity contribution in [3.63, 3.8) is 0 Å². The van der Waals surface area contributed by atoms with Gasteiger partial charge in [-0.1, -0.05) is 5.16 Å². The van der Waals surface area contributed by atoms with E-state index in [1.165, 1.54) is 19.2 Å². The smallest absolute Gasteiger partial charge is 0.418 e. The molecule has 0 spiro atoms. The van der Waals surface area contributed by atoms with E-state index in [1.807, 2.05) is 0 Å². The van der Waals surface area contributed by atoms with Crippen molar-refractivity contribution < 1.29 is 41.6 Å². The number of anilines is 1. The Morgan fingerprint density at radius 2 is 2.14 bits per heavy atom. The average molecular weight is 437 g/mol. The van der Waals surface area contributed by atoms with Crippen molar-refractivity contribution in [2.24, 2.45) is 5.16 Å². The molecule has 1 saturated heterocycles. The van der Waals surface area contributed by atoms with Gasteiger partial charge in [-0.05, 0) is 13.8 Å². The SMILES string of the molecule is CC1(C)[C@H](NC(=O)C(=NOCC(=O)O)c2csc(N)n2)C(=O)N1OS(=O)(=O)O. The molecule has 2 heterocycles. The van der Waals surface area contributed by atoms with Crippen LogP contribution in [0, 0.1) is 0 Å². The number of β-lactam (4-membered cyclic amide) rings is 1. The number of hydrogen-bond donors (Lipinski definition) is 4. The number of nitrogens with zero attached hydrogens (tertiary/aromatic N) is 3. The Bertz CT molecular complexity index is 939. The number of hydroxylamine groups is 2. The van der Waals surface area contributed by atoms with Crippen LogP contribution in [0.15, 0.2) is 10.5 Å². The van der Waals surface area contributed by atoms with E-state index in [9.17, 15) is 22.8 Å². The normalized spacial score (nSPS) is 19.1. The maximum atomic E-state index is 12.5. The number of hydrogen-bond acceptors (Lipinski definition) is 11. The number of nitrogens with two attached hydrogens (primary N) is 1. The van der Waals surface area contributed by atoms with Crippen LogP contribution < -0.4 is 11.1 Å². The van der Waals surface area contributed by atoms with Crippen LogP contribution in [0.3, 0.4) is 0 Å². The van der Waals surface area contributed by atoms with Gasteiger partial charge >= 0.3 is 16.4 Å². The van der Waals surface area contributed by atoms with Gasteiger partial charge in [0.1, 0.15) is 11.7 Å². The Balaban J connectivity index is 2.19. The lowest BCUT2D eigenvalue weighted by Crippen LogP contribution is -2.76. The number of aliphatic carboxylic acids is 1. The molecule has 0 saturated carbocycles. The molecule has 5 N–H and O–H groups in total. The maximum absolute atomic E-state index is 12.5. The predicted octanol–water partition coefficient (Wildman–Crippen LogP) is -1.63. The van der Waals surface area contributed by atoms with Gasteiger partial charge in [0.2, 0.25) is 6.61 Å². The number of amides is 2. The number of carbonyl (C=O) groups excluding carboxylic acids is 2. The number of nitrogens with one attached hydrogen (secondary N) is 1. The number of carbonyl (C=O) groups is 3. The quantitative estimate of drug-likeness (QED) is 0.157. The fraction of sp³-hybridized carbons (Fsp3) is 0.417. The molecule has 1 fully saturated rings. The van der Waals surface area contributed by atoms with Crippen LogP contribution in [0.2, 0.25) is 0 Å². The largest absolute Gasteiger partial charge is 0.479 e. The van der Waals surface area contributed by atoms with E-state index in [4.69, 9.17) is 15.4 Å². The Morgan fingerprint density at radius 1 is 1.50 bits per heavy atom. The molecule has 16 heteroatoms. The molecule has 0 radical (unpaired) electrons. The zero-order valence-corrected chi connectivity index (χ0v) is 16.0. The van der Waals surface area contributed by atoms with Crippen LogP contribution in [0.25, 0.3) is 0 Å². The van der Waals surface area contributed by atoms with Crippen LogP contribution in [0.5, 0.6) is 0 Å². The van der Waals surface area contributed by atoms with Gasteiger partial charge in [-0.2, -0.15) is 13.5 Å². The summed E-state index contributed by atoms with van der Waals surface area (Å²) in [5, 5.41) is 16.2. The van der Waals surface area contributed by atoms with E-state index in [2.05, 4.69) is 24.6 Å². The van der Waals surface area contributed by atoms with E-state index in [0.717, 1.165) is 11.3 Å². The fourth-order valence-electron chi connectivity index (χ4n) is 2.17. The summed E-state index contributed by atoms with van der Waals surface area (Å²) in [6.45, 7) is 1.90. The highest BCUT2D eigenvalue weighted by Crippen LogP contribution is 2.32. The second-order valence-corrected chi connectivity index (χ2v) is 7.77. The Labute approximate surface area is 161 Å². The van der Waals surface area contributed by atoms with Gasteiger partial charge in [0.05, 0.1) is 5.54 Å². The summed E-state index contributed by atoms with van der Waals surface area (Å²) in [4.78, 5) is 43.6. The first kappa shape index (κ1) is 21.5. The van der Waals surface area contributed by atoms with Crippen molar-refractivity contribution in [1.29, 1.82) is 0 Å². The zero-order valence-electron chi connectivity index (χ0n) is 14.3. The standard InChI is InChI=1S/C12H15N5O9S2/c1-12(2)8(10(21)17(12)26-28(22,23)24)15-9(20)7(16-25-3-6(18)19)5-4-27-11(13)14-5/h4,8H,3H2,1-2H3,(H2,13,14)(H,15,20)(H,18,19)(H,22,23,24)/t8-/m1/s1. The van der Waals surface area contributed by atoms with Crippen molar-refractivity contribution in [2.75, 3.05) is 12.3 Å². The zero-order chi connectivity index (χ0) is 21.3.